The summed E-state index contributed by atoms with van der Waals surface area (Å²) in [7, 11) is 0. The van der Waals surface area contributed by atoms with E-state index in [4.69, 9.17) is 16.7 Å². The van der Waals surface area contributed by atoms with Crippen LogP contribution in [0.5, 0.6) is 0 Å². The molecule has 2 rings (SSSR count). The predicted molar refractivity (Wildman–Crippen MR) is 77.1 cm³/mol. The molecule has 0 radical (unpaired) electrons. The Morgan fingerprint density at radius 1 is 1.37 bits per heavy atom. The summed E-state index contributed by atoms with van der Waals surface area (Å²) in [5, 5.41) is 19.1. The van der Waals surface area contributed by atoms with Crippen LogP contribution in [0.25, 0.3) is 0 Å². The minimum Gasteiger partial charge on any atom is -0.393 e. The van der Waals surface area contributed by atoms with E-state index >= 15 is 0 Å². The van der Waals surface area contributed by atoms with Crippen LogP contribution in [-0.4, -0.2) is 55.6 Å². The molecule has 5 heteroatoms. The molecule has 4 nitrogen and oxygen atoms in total. The molecule has 19 heavy (non-hydrogen) atoms. The first-order chi connectivity index (χ1) is 9.10. The van der Waals surface area contributed by atoms with Crippen LogP contribution in [0.1, 0.15) is 5.56 Å². The van der Waals surface area contributed by atoms with Crippen molar-refractivity contribution in [3.8, 4) is 0 Å². The van der Waals surface area contributed by atoms with Crippen molar-refractivity contribution < 1.29 is 15.1 Å². The highest BCUT2D eigenvalue weighted by molar-refractivity contribution is 6.30. The highest BCUT2D eigenvalue weighted by Gasteiger charge is 2.23. The molecular weight excluding hydrogens is 264 g/mol. The maximum absolute atomic E-state index is 9.47. The number of aryl methyl sites for hydroxylation is 1. The quantitative estimate of drug-likeness (QED) is 0.712. The van der Waals surface area contributed by atoms with Gasteiger partial charge in [0.25, 0.3) is 0 Å². The van der Waals surface area contributed by atoms with Crippen molar-refractivity contribution in [1.82, 2.24) is 0 Å². The number of rotatable bonds is 4. The fourth-order valence-electron chi connectivity index (χ4n) is 2.59. The third-order valence-corrected chi connectivity index (χ3v) is 3.95. The van der Waals surface area contributed by atoms with Crippen molar-refractivity contribution >= 4 is 17.3 Å². The van der Waals surface area contributed by atoms with Gasteiger partial charge in [0.2, 0.25) is 0 Å². The van der Waals surface area contributed by atoms with Gasteiger partial charge in [-0.25, -0.2) is 0 Å². The van der Waals surface area contributed by atoms with E-state index in [2.05, 4.69) is 11.8 Å². The van der Waals surface area contributed by atoms with Gasteiger partial charge in [-0.3, -0.25) is 0 Å². The molecule has 0 saturated carbocycles. The molecule has 0 aromatic heterocycles. The predicted octanol–water partition coefficient (Wildman–Crippen LogP) is -0.293. The lowest BCUT2D eigenvalue weighted by molar-refractivity contribution is -0.903. The molecule has 1 fully saturated rings. The van der Waals surface area contributed by atoms with Crippen LogP contribution in [0.4, 0.5) is 5.69 Å². The summed E-state index contributed by atoms with van der Waals surface area (Å²) in [5.41, 5.74) is 2.44. The van der Waals surface area contributed by atoms with Crippen molar-refractivity contribution in [3.63, 3.8) is 0 Å². The number of piperazine rings is 1. The summed E-state index contributed by atoms with van der Waals surface area (Å²) < 4.78 is 0. The van der Waals surface area contributed by atoms with Crippen molar-refractivity contribution in [1.29, 1.82) is 0 Å². The van der Waals surface area contributed by atoms with Crippen LogP contribution in [0, 0.1) is 6.92 Å². The Labute approximate surface area is 119 Å². The molecule has 0 amide bonds. The summed E-state index contributed by atoms with van der Waals surface area (Å²) in [4.78, 5) is 3.69. The van der Waals surface area contributed by atoms with Crippen molar-refractivity contribution in [2.75, 3.05) is 44.2 Å². The number of nitrogens with zero attached hydrogens (tertiary/aromatic N) is 1. The van der Waals surface area contributed by atoms with Crippen molar-refractivity contribution in [3.05, 3.63) is 28.8 Å². The molecule has 1 saturated heterocycles. The van der Waals surface area contributed by atoms with Crippen LogP contribution in [-0.2, 0) is 0 Å². The number of aliphatic hydroxyl groups is 2. The van der Waals surface area contributed by atoms with E-state index in [1.54, 1.807) is 0 Å². The summed E-state index contributed by atoms with van der Waals surface area (Å²) in [6, 6.07) is 5.98. The Balaban J connectivity index is 1.94. The smallest absolute Gasteiger partial charge is 0.126 e. The fraction of sp³-hybridized carbons (Fsp3) is 0.571. The molecule has 1 aliphatic rings. The second kappa shape index (κ2) is 6.57. The molecule has 106 valence electrons. The highest BCUT2D eigenvalue weighted by atomic mass is 35.5. The zero-order valence-electron chi connectivity index (χ0n) is 11.3. The molecule has 0 unspecified atom stereocenters. The summed E-state index contributed by atoms with van der Waals surface area (Å²) >= 11 is 6.06. The van der Waals surface area contributed by atoms with Gasteiger partial charge in [-0.15, -0.1) is 0 Å². The molecule has 1 aromatic rings. The third-order valence-electron chi connectivity index (χ3n) is 3.72. The van der Waals surface area contributed by atoms with E-state index in [0.717, 1.165) is 31.2 Å². The highest BCUT2D eigenvalue weighted by Crippen LogP contribution is 2.24. The van der Waals surface area contributed by atoms with E-state index in [1.165, 1.54) is 16.2 Å². The SMILES string of the molecule is Cc1ccc(Cl)cc1N1CC[NH+](C[C@@H](O)CO)CC1. The minimum absolute atomic E-state index is 0.152. The minimum atomic E-state index is -0.602. The van der Waals surface area contributed by atoms with Gasteiger partial charge in [-0.2, -0.15) is 0 Å². The molecular formula is C14H22ClN2O2+. The average molecular weight is 286 g/mol. The van der Waals surface area contributed by atoms with Crippen molar-refractivity contribution in [2.24, 2.45) is 0 Å². The first kappa shape index (κ1) is 14.6. The maximum Gasteiger partial charge on any atom is 0.126 e. The monoisotopic (exact) mass is 285 g/mol. The Bertz CT molecular complexity index is 420. The Morgan fingerprint density at radius 2 is 2.05 bits per heavy atom. The van der Waals surface area contributed by atoms with E-state index in [1.807, 2.05) is 18.2 Å². The number of hydrogen-bond acceptors (Lipinski definition) is 3. The largest absolute Gasteiger partial charge is 0.393 e. The van der Waals surface area contributed by atoms with Gasteiger partial charge in [0.1, 0.15) is 12.6 Å². The fourth-order valence-corrected chi connectivity index (χ4v) is 2.76. The number of aliphatic hydroxyl groups excluding tert-OH is 2. The second-order valence-electron chi connectivity index (χ2n) is 5.21. The standard InChI is InChI=1S/C14H21ClN2O2/c1-11-2-3-12(15)8-14(11)17-6-4-16(5-7-17)9-13(19)10-18/h2-3,8,13,18-19H,4-7,9-10H2,1H3/p+1/t13-/m1/s1. The normalized spacial score (nSPS) is 18.6. The lowest BCUT2D eigenvalue weighted by atomic mass is 10.1. The molecule has 3 N–H and O–H groups in total. The van der Waals surface area contributed by atoms with E-state index in [9.17, 15) is 5.11 Å². The summed E-state index contributed by atoms with van der Waals surface area (Å²) in [5.74, 6) is 0. The first-order valence-corrected chi connectivity index (χ1v) is 7.11. The second-order valence-corrected chi connectivity index (χ2v) is 5.64. The van der Waals surface area contributed by atoms with Gasteiger partial charge in [0.15, 0.2) is 0 Å². The van der Waals surface area contributed by atoms with Gasteiger partial charge in [0.05, 0.1) is 32.8 Å². The van der Waals surface area contributed by atoms with Crippen LogP contribution in [0.3, 0.4) is 0 Å². The summed E-state index contributed by atoms with van der Waals surface area (Å²) in [6.45, 7) is 6.43. The molecule has 0 spiro atoms. The molecule has 0 bridgehead atoms. The zero-order valence-corrected chi connectivity index (χ0v) is 12.0. The van der Waals surface area contributed by atoms with Gasteiger partial charge >= 0.3 is 0 Å². The third kappa shape index (κ3) is 3.83. The van der Waals surface area contributed by atoms with Gasteiger partial charge in [0, 0.05) is 10.7 Å². The molecule has 1 aromatic carbocycles. The van der Waals surface area contributed by atoms with E-state index in [-0.39, 0.29) is 6.61 Å². The van der Waals surface area contributed by atoms with Gasteiger partial charge in [-0.05, 0) is 24.6 Å². The molecule has 1 heterocycles. The number of nitrogens with one attached hydrogen (secondary N) is 1. The number of quaternary nitrogens is 1. The Kier molecular flexibility index (Phi) is 5.05. The summed E-state index contributed by atoms with van der Waals surface area (Å²) in [6.07, 6.45) is -0.602. The van der Waals surface area contributed by atoms with Crippen LogP contribution < -0.4 is 9.80 Å². The number of halogens is 1. The molecule has 1 aliphatic heterocycles. The van der Waals surface area contributed by atoms with Crippen molar-refractivity contribution in [2.45, 2.75) is 13.0 Å². The number of benzene rings is 1. The number of hydrogen-bond donors (Lipinski definition) is 3. The molecule has 0 aliphatic carbocycles. The molecule has 1 atom stereocenters. The lowest BCUT2D eigenvalue weighted by Gasteiger charge is -2.35. The number of anilines is 1. The van der Waals surface area contributed by atoms with E-state index < -0.39 is 6.10 Å². The van der Waals surface area contributed by atoms with E-state index in [0.29, 0.717) is 6.54 Å². The van der Waals surface area contributed by atoms with Crippen LogP contribution >= 0.6 is 11.6 Å². The van der Waals surface area contributed by atoms with Crippen LogP contribution in [0.15, 0.2) is 18.2 Å². The topological polar surface area (TPSA) is 48.1 Å². The Hall–Kier alpha value is -0.810. The van der Waals surface area contributed by atoms with Crippen LogP contribution in [0.2, 0.25) is 5.02 Å². The van der Waals surface area contributed by atoms with Gasteiger partial charge in [-0.1, -0.05) is 17.7 Å². The Morgan fingerprint density at radius 3 is 2.68 bits per heavy atom. The maximum atomic E-state index is 9.47. The van der Waals surface area contributed by atoms with Gasteiger partial charge < -0.3 is 20.0 Å². The zero-order chi connectivity index (χ0) is 13.8. The first-order valence-electron chi connectivity index (χ1n) is 6.73. The lowest BCUT2D eigenvalue weighted by Crippen LogP contribution is -3.16. The average Bonchev–Trinajstić information content (AvgIpc) is 2.42.